The molecule has 0 spiro atoms. The van der Waals surface area contributed by atoms with Gasteiger partial charge in [0.15, 0.2) is 0 Å². The van der Waals surface area contributed by atoms with Crippen LogP contribution in [0, 0.1) is 0 Å². The van der Waals surface area contributed by atoms with Crippen LogP contribution in [0.15, 0.2) is 0 Å². The fourth-order valence-corrected chi connectivity index (χ4v) is 31.7. The van der Waals surface area contributed by atoms with Crippen molar-refractivity contribution >= 4 is 77.4 Å². The second-order valence-electron chi connectivity index (χ2n) is 5.78. The molecule has 136 valence electrons. The molecular formula is C12H26Cl6N2P2. The van der Waals surface area contributed by atoms with Gasteiger partial charge in [-0.15, -0.1) is 0 Å². The fourth-order valence-electron chi connectivity index (χ4n) is 2.65. The minimum absolute atomic E-state index is 0.536. The molecule has 22 heavy (non-hydrogen) atoms. The topological polar surface area (TPSA) is 6.48 Å². The Morgan fingerprint density at radius 2 is 0.864 bits per heavy atom. The van der Waals surface area contributed by atoms with Crippen molar-refractivity contribution in [2.24, 2.45) is 0 Å². The summed E-state index contributed by atoms with van der Waals surface area (Å²) in [6, 6.07) is 0. The van der Waals surface area contributed by atoms with E-state index >= 15 is 0 Å². The van der Waals surface area contributed by atoms with Crippen LogP contribution in [0.2, 0.25) is 0 Å². The molecule has 0 aromatic heterocycles. The Morgan fingerprint density at radius 3 is 1.14 bits per heavy atom. The molecular weight excluding hydrogens is 447 g/mol. The van der Waals surface area contributed by atoms with Gasteiger partial charge in [-0.2, -0.15) is 0 Å². The molecule has 0 aliphatic carbocycles. The molecule has 1 fully saturated rings. The molecule has 1 rings (SSSR count). The summed E-state index contributed by atoms with van der Waals surface area (Å²) in [6.07, 6.45) is 8.43. The van der Waals surface area contributed by atoms with Crippen molar-refractivity contribution in [3.8, 4) is 0 Å². The van der Waals surface area contributed by atoms with Crippen LogP contribution in [0.4, 0.5) is 0 Å². The van der Waals surface area contributed by atoms with Crippen molar-refractivity contribution in [1.29, 1.82) is 0 Å². The van der Waals surface area contributed by atoms with Gasteiger partial charge >= 0.3 is 165 Å². The molecule has 0 saturated carbocycles. The number of hydrogen-bond donors (Lipinski definition) is 0. The van der Waals surface area contributed by atoms with E-state index in [1.165, 1.54) is 0 Å². The van der Waals surface area contributed by atoms with Crippen LogP contribution in [0.1, 0.15) is 65.2 Å². The van der Waals surface area contributed by atoms with Gasteiger partial charge in [-0.3, -0.25) is 0 Å². The third-order valence-corrected chi connectivity index (χ3v) is 22.1. The van der Waals surface area contributed by atoms with E-state index in [2.05, 4.69) is 13.8 Å². The first-order valence-corrected chi connectivity index (χ1v) is 17.6. The van der Waals surface area contributed by atoms with Crippen molar-refractivity contribution in [2.45, 2.75) is 65.2 Å². The summed E-state index contributed by atoms with van der Waals surface area (Å²) in [5.74, 6) is 0. The first-order chi connectivity index (χ1) is 9.95. The van der Waals surface area contributed by atoms with Crippen molar-refractivity contribution in [2.75, 3.05) is 13.1 Å². The molecule has 0 N–H and O–H groups in total. The Kier molecular flexibility index (Phi) is 8.24. The average Bonchev–Trinajstić information content (AvgIpc) is 2.35. The summed E-state index contributed by atoms with van der Waals surface area (Å²) in [7, 11) is 0. The number of hydrogen-bond acceptors (Lipinski definition) is 2. The first kappa shape index (κ1) is 22.6. The van der Waals surface area contributed by atoms with Crippen LogP contribution in [-0.2, 0) is 0 Å². The van der Waals surface area contributed by atoms with E-state index < -0.39 is 9.93 Å². The van der Waals surface area contributed by atoms with Gasteiger partial charge < -0.3 is 0 Å². The van der Waals surface area contributed by atoms with E-state index in [0.29, 0.717) is 13.1 Å². The summed E-state index contributed by atoms with van der Waals surface area (Å²) in [4.78, 5) is -7.55. The maximum absolute atomic E-state index is 6.58. The molecule has 0 radical (unpaired) electrons. The van der Waals surface area contributed by atoms with E-state index in [4.69, 9.17) is 67.4 Å². The molecule has 0 bridgehead atoms. The fraction of sp³-hybridized carbons (Fsp3) is 1.00. The van der Waals surface area contributed by atoms with Gasteiger partial charge in [-0.05, 0) is 0 Å². The Bertz CT molecular complexity index is 327. The average molecular weight is 473 g/mol. The molecule has 1 saturated heterocycles. The molecule has 0 atom stereocenters. The predicted molar refractivity (Wildman–Crippen MR) is 111 cm³/mol. The molecule has 2 nitrogen and oxygen atoms in total. The van der Waals surface area contributed by atoms with E-state index in [9.17, 15) is 0 Å². The van der Waals surface area contributed by atoms with Gasteiger partial charge in [0.1, 0.15) is 0 Å². The minimum atomic E-state index is -3.77. The van der Waals surface area contributed by atoms with Gasteiger partial charge in [0.05, 0.1) is 0 Å². The molecule has 10 heteroatoms. The first-order valence-electron chi connectivity index (χ1n) is 7.86. The molecule has 0 unspecified atom stereocenters. The van der Waals surface area contributed by atoms with Crippen molar-refractivity contribution in [3.63, 3.8) is 0 Å². The van der Waals surface area contributed by atoms with Crippen molar-refractivity contribution < 1.29 is 0 Å². The van der Waals surface area contributed by atoms with Crippen LogP contribution in [0.25, 0.3) is 0 Å². The third-order valence-electron chi connectivity index (χ3n) is 3.88. The molecule has 1 heterocycles. The molecule has 0 aromatic carbocycles. The SMILES string of the molecule is CCCCCCN1P(Cl)(Cl)(Cl)N(CCCCCC)P1(Cl)(Cl)Cl. The van der Waals surface area contributed by atoms with Crippen molar-refractivity contribution in [3.05, 3.63) is 0 Å². The monoisotopic (exact) mass is 470 g/mol. The van der Waals surface area contributed by atoms with E-state index in [-0.39, 0.29) is 0 Å². The Hall–Kier alpha value is 2.52. The summed E-state index contributed by atoms with van der Waals surface area (Å²) < 4.78 is 3.20. The predicted octanol–water partition coefficient (Wildman–Crippen LogP) is 9.45. The van der Waals surface area contributed by atoms with Crippen LogP contribution >= 0.6 is 77.4 Å². The van der Waals surface area contributed by atoms with Crippen molar-refractivity contribution in [1.82, 2.24) is 8.88 Å². The summed E-state index contributed by atoms with van der Waals surface area (Å²) >= 11 is 39.5. The molecule has 1 aliphatic heterocycles. The van der Waals surface area contributed by atoms with Gasteiger partial charge in [-0.25, -0.2) is 0 Å². The van der Waals surface area contributed by atoms with Gasteiger partial charge in [0.25, 0.3) is 0 Å². The van der Waals surface area contributed by atoms with E-state index in [1.807, 2.05) is 0 Å². The van der Waals surface area contributed by atoms with Crippen LogP contribution in [-0.4, -0.2) is 22.0 Å². The molecule has 1 aliphatic rings. The summed E-state index contributed by atoms with van der Waals surface area (Å²) in [6.45, 7) is 5.37. The zero-order valence-electron chi connectivity index (χ0n) is 13.1. The van der Waals surface area contributed by atoms with Crippen LogP contribution in [0.3, 0.4) is 0 Å². The summed E-state index contributed by atoms with van der Waals surface area (Å²) in [5.41, 5.74) is 0. The van der Waals surface area contributed by atoms with Crippen LogP contribution in [0.5, 0.6) is 0 Å². The number of rotatable bonds is 10. The van der Waals surface area contributed by atoms with Crippen LogP contribution < -0.4 is 0 Å². The second-order valence-corrected chi connectivity index (χ2v) is 25.9. The van der Waals surface area contributed by atoms with E-state index in [0.717, 1.165) is 51.4 Å². The summed E-state index contributed by atoms with van der Waals surface area (Å²) in [5, 5.41) is 0. The third kappa shape index (κ3) is 4.82. The normalized spacial score (nSPS) is 29.6. The Morgan fingerprint density at radius 1 is 0.545 bits per heavy atom. The zero-order valence-corrected chi connectivity index (χ0v) is 19.5. The molecule has 0 aromatic rings. The quantitative estimate of drug-likeness (QED) is 0.231. The van der Waals surface area contributed by atoms with Gasteiger partial charge in [0, 0.05) is 0 Å². The van der Waals surface area contributed by atoms with Gasteiger partial charge in [0.2, 0.25) is 0 Å². The number of unbranched alkanes of at least 4 members (excludes halogenated alkanes) is 6. The maximum atomic E-state index is 6.58. The van der Waals surface area contributed by atoms with Gasteiger partial charge in [-0.1, -0.05) is 0 Å². The number of halogens is 6. The van der Waals surface area contributed by atoms with E-state index in [1.54, 1.807) is 8.88 Å². The Balaban J connectivity index is 2.74. The standard InChI is InChI=1S/C12H26Cl6N2P2/c1-3-5-7-9-11-19-21(13,14,15)20(22(19,16,17)18)12-10-8-6-4-2/h3-12H2,1-2H3. The second kappa shape index (κ2) is 8.04. The zero-order chi connectivity index (χ0) is 17.1. The Labute approximate surface area is 163 Å². The number of nitrogens with zero attached hydrogens (tertiary/aromatic N) is 2. The molecule has 0 amide bonds.